The maximum Gasteiger partial charge on any atom is 2.00 e. The molecule has 0 fully saturated rings. The molecule has 0 aliphatic carbocycles. The van der Waals surface area contributed by atoms with Crippen LogP contribution in [-0.4, -0.2) is 60.8 Å². The van der Waals surface area contributed by atoms with E-state index in [1.807, 2.05) is 0 Å². The summed E-state index contributed by atoms with van der Waals surface area (Å²) in [6, 6.07) is 0. The van der Waals surface area contributed by atoms with E-state index in [-0.39, 0.29) is 115 Å². The number of hydrogen-bond acceptors (Lipinski definition) is 0. The monoisotopic (exact) mass is 147 g/mol. The molecule has 0 nitrogen and oxygen atoms in total. The van der Waals surface area contributed by atoms with E-state index < -0.39 is 0 Å². The summed E-state index contributed by atoms with van der Waals surface area (Å²) in [5, 5.41) is 0. The molecule has 1 radical (unpaired) electrons. The Labute approximate surface area is 112 Å². The number of rotatable bonds is 0. The summed E-state index contributed by atoms with van der Waals surface area (Å²) >= 11 is 0. The average molecular weight is 147 g/mol. The van der Waals surface area contributed by atoms with Crippen molar-refractivity contribution in [1.82, 2.24) is 0 Å². The second-order valence-corrected chi connectivity index (χ2v) is 0. The van der Waals surface area contributed by atoms with Crippen LogP contribution in [0.5, 0.6) is 0 Å². The molecule has 0 rings (SSSR count). The Morgan fingerprint density at radius 3 is 1.25 bits per heavy atom. The first kappa shape index (κ1) is 25.7. The molecule has 0 atom stereocenters. The molecule has 0 saturated heterocycles. The third-order valence-corrected chi connectivity index (χ3v) is 0. The Bertz CT molecular complexity index is 16.9. The van der Waals surface area contributed by atoms with E-state index in [0.29, 0.717) is 0 Å². The van der Waals surface area contributed by atoms with Crippen molar-refractivity contribution < 1.29 is 53.8 Å². The van der Waals surface area contributed by atoms with Gasteiger partial charge in [-0.3, -0.25) is 0 Å². The second-order valence-electron chi connectivity index (χ2n) is 0. The van der Waals surface area contributed by atoms with Crippen molar-refractivity contribution in [1.29, 1.82) is 0 Å². The molecule has 0 saturated carbocycles. The average Bonchev–Trinajstić information content (AvgIpc) is 0. The van der Waals surface area contributed by atoms with E-state index in [9.17, 15) is 0 Å². The third-order valence-electron chi connectivity index (χ3n) is 0. The second kappa shape index (κ2) is 16.0. The zero-order valence-corrected chi connectivity index (χ0v) is 9.60. The van der Waals surface area contributed by atoms with Crippen LogP contribution < -0.4 is 29.6 Å². The van der Waals surface area contributed by atoms with Crippen LogP contribution in [-0.2, 0) is 17.1 Å². The first-order valence-corrected chi connectivity index (χ1v) is 0. The molecular formula is H5CaMgMnNa. The normalized spacial score (nSPS) is 0. The summed E-state index contributed by atoms with van der Waals surface area (Å²) in [5.74, 6) is 0. The van der Waals surface area contributed by atoms with Gasteiger partial charge >= 0.3 is 90.3 Å². The quantitative estimate of drug-likeness (QED) is 0.317. The van der Waals surface area contributed by atoms with Crippen molar-refractivity contribution in [2.75, 3.05) is 0 Å². The molecule has 4 heteroatoms. The van der Waals surface area contributed by atoms with E-state index in [0.717, 1.165) is 0 Å². The molecule has 0 aromatic heterocycles. The summed E-state index contributed by atoms with van der Waals surface area (Å²) in [4.78, 5) is 0. The summed E-state index contributed by atoms with van der Waals surface area (Å²) in [5.41, 5.74) is 0. The summed E-state index contributed by atoms with van der Waals surface area (Å²) in [7, 11) is 0. The smallest absolute Gasteiger partial charge is 1.00 e. The maximum atomic E-state index is 0. The first-order valence-electron chi connectivity index (χ1n) is 0. The molecule has 0 aromatic rings. The van der Waals surface area contributed by atoms with Gasteiger partial charge in [-0.2, -0.15) is 0 Å². The minimum Gasteiger partial charge on any atom is -1.00 e. The fourth-order valence-corrected chi connectivity index (χ4v) is 0. The molecule has 0 aliphatic rings. The van der Waals surface area contributed by atoms with Crippen molar-refractivity contribution in [2.45, 2.75) is 0 Å². The van der Waals surface area contributed by atoms with E-state index in [1.54, 1.807) is 0 Å². The van der Waals surface area contributed by atoms with Crippen molar-refractivity contribution in [3.8, 4) is 0 Å². The largest absolute Gasteiger partial charge is 2.00 e. The van der Waals surface area contributed by atoms with Gasteiger partial charge in [-0.1, -0.05) is 0 Å². The fraction of sp³-hybridized carbons (Fsp3) is 0. The molecule has 0 spiro atoms. The van der Waals surface area contributed by atoms with Gasteiger partial charge in [0.15, 0.2) is 0 Å². The molecule has 0 amide bonds. The molecule has 0 heterocycles. The van der Waals surface area contributed by atoms with Gasteiger partial charge < -0.3 is 7.13 Å². The fourth-order valence-electron chi connectivity index (χ4n) is 0. The van der Waals surface area contributed by atoms with Crippen LogP contribution in [0.25, 0.3) is 0 Å². The van der Waals surface area contributed by atoms with E-state index >= 15 is 0 Å². The van der Waals surface area contributed by atoms with Gasteiger partial charge in [-0.25, -0.2) is 0 Å². The van der Waals surface area contributed by atoms with Crippen LogP contribution in [0, 0.1) is 0 Å². The van der Waals surface area contributed by atoms with E-state index in [1.165, 1.54) is 0 Å². The molecule has 0 aromatic carbocycles. The van der Waals surface area contributed by atoms with Crippen LogP contribution in [0.2, 0.25) is 0 Å². The molecule has 0 unspecified atom stereocenters. The Morgan fingerprint density at radius 2 is 1.25 bits per heavy atom. The van der Waals surface area contributed by atoms with E-state index in [4.69, 9.17) is 0 Å². The van der Waals surface area contributed by atoms with Gasteiger partial charge in [-0.15, -0.1) is 0 Å². The van der Waals surface area contributed by atoms with Gasteiger partial charge in [0, 0.05) is 17.1 Å². The Kier molecular flexibility index (Phi) is 103. The van der Waals surface area contributed by atoms with Crippen molar-refractivity contribution >= 4 is 60.8 Å². The topological polar surface area (TPSA) is 0 Å². The van der Waals surface area contributed by atoms with Crippen LogP contribution >= 0.6 is 0 Å². The van der Waals surface area contributed by atoms with Crippen molar-refractivity contribution in [3.63, 3.8) is 0 Å². The molecule has 0 bridgehead atoms. The zero-order valence-electron chi connectivity index (χ0n) is 7.79. The summed E-state index contributed by atoms with van der Waals surface area (Å²) in [6.07, 6.45) is 0. The molecule has 4 heavy (non-hydrogen) atoms. The molecular weight excluding hydrogens is 142 g/mol. The first-order chi connectivity index (χ1) is 0. The minimum absolute atomic E-state index is 0. The van der Waals surface area contributed by atoms with Crippen LogP contribution in [0.4, 0.5) is 0 Å². The van der Waals surface area contributed by atoms with E-state index in [2.05, 4.69) is 0 Å². The van der Waals surface area contributed by atoms with Crippen LogP contribution in [0.3, 0.4) is 0 Å². The standard InChI is InChI=1S/Ca.Mg.Mn.Na.5H/q2*+2;;+1;5*-1. The van der Waals surface area contributed by atoms with Crippen LogP contribution in [0.1, 0.15) is 7.13 Å². The van der Waals surface area contributed by atoms with Gasteiger partial charge in [0.05, 0.1) is 0 Å². The van der Waals surface area contributed by atoms with Crippen LogP contribution in [0.15, 0.2) is 0 Å². The van der Waals surface area contributed by atoms with Gasteiger partial charge in [0.25, 0.3) is 0 Å². The number of hydrogen-bond donors (Lipinski definition) is 0. The Balaban J connectivity index is 0. The SMILES string of the molecule is [Ca+2].[H-].[H-].[H-].[H-].[H-].[Mg+2].[Mn].[Na+]. The predicted molar refractivity (Wildman–Crippen MR) is 17.1 cm³/mol. The van der Waals surface area contributed by atoms with Gasteiger partial charge in [0.1, 0.15) is 0 Å². The summed E-state index contributed by atoms with van der Waals surface area (Å²) in [6.45, 7) is 0. The maximum absolute atomic E-state index is 0. The third kappa shape index (κ3) is 9.11. The minimum atomic E-state index is 0. The predicted octanol–water partition coefficient (Wildman–Crippen LogP) is -3.20. The molecule has 17 valence electrons. The molecule has 0 N–H and O–H groups in total. The molecule has 0 aliphatic heterocycles. The van der Waals surface area contributed by atoms with Crippen molar-refractivity contribution in [3.05, 3.63) is 0 Å². The van der Waals surface area contributed by atoms with Crippen molar-refractivity contribution in [2.24, 2.45) is 0 Å². The summed E-state index contributed by atoms with van der Waals surface area (Å²) < 4.78 is 0. The van der Waals surface area contributed by atoms with Gasteiger partial charge in [0.2, 0.25) is 0 Å². The Morgan fingerprint density at radius 1 is 1.25 bits per heavy atom. The Hall–Kier alpha value is 3.55. The van der Waals surface area contributed by atoms with Gasteiger partial charge in [-0.05, 0) is 0 Å². The zero-order chi connectivity index (χ0) is 0.